The number of hydrogen-bond acceptors (Lipinski definition) is 5. The molecule has 0 aliphatic carbocycles. The summed E-state index contributed by atoms with van der Waals surface area (Å²) in [6.07, 6.45) is 6.13. The van der Waals surface area contributed by atoms with Gasteiger partial charge in [0.2, 0.25) is 5.65 Å². The molecule has 0 amide bonds. The monoisotopic (exact) mass is 232 g/mol. The molecule has 0 aromatic carbocycles. The van der Waals surface area contributed by atoms with Gasteiger partial charge in [0.05, 0.1) is 0 Å². The zero-order valence-electron chi connectivity index (χ0n) is 9.85. The molecule has 0 spiro atoms. The number of nitrogens with one attached hydrogen (secondary N) is 2. The number of fused-ring (bicyclic) bond motifs is 1. The van der Waals surface area contributed by atoms with E-state index in [1.54, 1.807) is 6.20 Å². The van der Waals surface area contributed by atoms with E-state index in [1.807, 2.05) is 17.5 Å². The topological polar surface area (TPSA) is 67.1 Å². The Labute approximate surface area is 99.5 Å². The van der Waals surface area contributed by atoms with Crippen LogP contribution in [0.3, 0.4) is 0 Å². The van der Waals surface area contributed by atoms with Crippen molar-refractivity contribution in [1.82, 2.24) is 24.9 Å². The van der Waals surface area contributed by atoms with Crippen LogP contribution in [-0.4, -0.2) is 38.7 Å². The summed E-state index contributed by atoms with van der Waals surface area (Å²) < 4.78 is 1.94. The van der Waals surface area contributed by atoms with E-state index < -0.39 is 0 Å². The van der Waals surface area contributed by atoms with Crippen molar-refractivity contribution in [2.45, 2.75) is 25.8 Å². The second kappa shape index (κ2) is 4.29. The third kappa shape index (κ3) is 1.95. The molecule has 3 heterocycles. The molecule has 2 aromatic rings. The Morgan fingerprint density at radius 2 is 2.47 bits per heavy atom. The molecular weight excluding hydrogens is 216 g/mol. The molecule has 2 N–H and O–H groups in total. The van der Waals surface area contributed by atoms with Gasteiger partial charge in [-0.05, 0) is 26.3 Å². The molecule has 1 atom stereocenters. The number of anilines is 1. The molecule has 90 valence electrons. The molecule has 6 heteroatoms. The number of nitrogens with zero attached hydrogens (tertiary/aromatic N) is 4. The molecule has 1 fully saturated rings. The highest BCUT2D eigenvalue weighted by Gasteiger charge is 2.14. The van der Waals surface area contributed by atoms with Crippen molar-refractivity contribution < 1.29 is 0 Å². The Bertz CT molecular complexity index is 514. The highest BCUT2D eigenvalue weighted by Crippen LogP contribution is 2.13. The molecule has 2 aromatic heterocycles. The van der Waals surface area contributed by atoms with Crippen molar-refractivity contribution in [3.8, 4) is 0 Å². The second-order valence-corrected chi connectivity index (χ2v) is 4.39. The van der Waals surface area contributed by atoms with Gasteiger partial charge in [0.1, 0.15) is 5.82 Å². The fraction of sp³-hybridized carbons (Fsp3) is 0.545. The molecular formula is C11H16N6. The van der Waals surface area contributed by atoms with Crippen LogP contribution in [0.25, 0.3) is 5.65 Å². The van der Waals surface area contributed by atoms with Crippen LogP contribution in [0.15, 0.2) is 12.4 Å². The van der Waals surface area contributed by atoms with Gasteiger partial charge in [-0.15, -0.1) is 10.2 Å². The maximum absolute atomic E-state index is 4.32. The summed E-state index contributed by atoms with van der Waals surface area (Å²) in [6.45, 7) is 3.94. The van der Waals surface area contributed by atoms with Gasteiger partial charge >= 0.3 is 0 Å². The lowest BCUT2D eigenvalue weighted by Crippen LogP contribution is -2.29. The fourth-order valence-corrected chi connectivity index (χ4v) is 2.22. The van der Waals surface area contributed by atoms with Crippen LogP contribution in [0, 0.1) is 6.92 Å². The van der Waals surface area contributed by atoms with Crippen LogP contribution in [0.2, 0.25) is 0 Å². The Balaban J connectivity index is 1.79. The van der Waals surface area contributed by atoms with Gasteiger partial charge in [-0.2, -0.15) is 0 Å². The Morgan fingerprint density at radius 3 is 3.29 bits per heavy atom. The lowest BCUT2D eigenvalue weighted by atomic mass is 10.2. The van der Waals surface area contributed by atoms with Gasteiger partial charge in [-0.3, -0.25) is 4.40 Å². The van der Waals surface area contributed by atoms with Crippen molar-refractivity contribution in [3.63, 3.8) is 0 Å². The lowest BCUT2D eigenvalue weighted by Gasteiger charge is -2.11. The summed E-state index contributed by atoms with van der Waals surface area (Å²) in [5.74, 6) is 1.69. The summed E-state index contributed by atoms with van der Waals surface area (Å²) in [4.78, 5) is 4.32. The van der Waals surface area contributed by atoms with Crippen LogP contribution in [0.5, 0.6) is 0 Å². The minimum absolute atomic E-state index is 0.543. The van der Waals surface area contributed by atoms with Gasteiger partial charge < -0.3 is 10.6 Å². The largest absolute Gasteiger partial charge is 0.365 e. The first-order valence-electron chi connectivity index (χ1n) is 5.98. The van der Waals surface area contributed by atoms with Crippen LogP contribution >= 0.6 is 0 Å². The molecule has 17 heavy (non-hydrogen) atoms. The summed E-state index contributed by atoms with van der Waals surface area (Å²) in [5.41, 5.74) is 0.794. The minimum Gasteiger partial charge on any atom is -0.365 e. The number of rotatable bonds is 3. The molecule has 0 radical (unpaired) electrons. The predicted molar refractivity (Wildman–Crippen MR) is 65.0 cm³/mol. The average molecular weight is 232 g/mol. The summed E-state index contributed by atoms with van der Waals surface area (Å²) in [5, 5.41) is 15.0. The Hall–Kier alpha value is -1.69. The van der Waals surface area contributed by atoms with Gasteiger partial charge in [0.25, 0.3) is 0 Å². The first-order valence-corrected chi connectivity index (χ1v) is 5.98. The van der Waals surface area contributed by atoms with Crippen molar-refractivity contribution in [1.29, 1.82) is 0 Å². The highest BCUT2D eigenvalue weighted by molar-refractivity contribution is 5.61. The van der Waals surface area contributed by atoms with E-state index in [9.17, 15) is 0 Å². The predicted octanol–water partition coefficient (Wildman–Crippen LogP) is 0.597. The van der Waals surface area contributed by atoms with E-state index in [-0.39, 0.29) is 0 Å². The number of aromatic nitrogens is 4. The minimum atomic E-state index is 0.543. The zero-order chi connectivity index (χ0) is 11.7. The first kappa shape index (κ1) is 10.5. The van der Waals surface area contributed by atoms with E-state index in [4.69, 9.17) is 0 Å². The molecule has 1 unspecified atom stereocenters. The van der Waals surface area contributed by atoms with Crippen LogP contribution in [0.4, 0.5) is 5.82 Å². The smallest absolute Gasteiger partial charge is 0.203 e. The summed E-state index contributed by atoms with van der Waals surface area (Å²) in [7, 11) is 0. The maximum Gasteiger partial charge on any atom is 0.203 e. The van der Waals surface area contributed by atoms with Crippen LogP contribution in [-0.2, 0) is 0 Å². The van der Waals surface area contributed by atoms with Gasteiger partial charge in [-0.1, -0.05) is 0 Å². The van der Waals surface area contributed by atoms with E-state index in [1.165, 1.54) is 12.8 Å². The van der Waals surface area contributed by atoms with E-state index >= 15 is 0 Å². The molecule has 3 rings (SSSR count). The van der Waals surface area contributed by atoms with E-state index in [2.05, 4.69) is 25.8 Å². The van der Waals surface area contributed by atoms with Crippen molar-refractivity contribution in [2.75, 3.05) is 18.4 Å². The Kier molecular flexibility index (Phi) is 2.64. The summed E-state index contributed by atoms with van der Waals surface area (Å²) >= 11 is 0. The normalized spacial score (nSPS) is 19.9. The quantitative estimate of drug-likeness (QED) is 0.811. The molecule has 0 bridgehead atoms. The van der Waals surface area contributed by atoms with Crippen LogP contribution in [0.1, 0.15) is 18.7 Å². The lowest BCUT2D eigenvalue weighted by molar-refractivity contribution is 0.632. The van der Waals surface area contributed by atoms with E-state index in [0.29, 0.717) is 6.04 Å². The van der Waals surface area contributed by atoms with Crippen LogP contribution < -0.4 is 10.6 Å². The second-order valence-electron chi connectivity index (χ2n) is 4.39. The maximum atomic E-state index is 4.32. The van der Waals surface area contributed by atoms with Crippen molar-refractivity contribution in [3.05, 3.63) is 18.2 Å². The third-order valence-corrected chi connectivity index (χ3v) is 3.18. The average Bonchev–Trinajstić information content (AvgIpc) is 2.97. The third-order valence-electron chi connectivity index (χ3n) is 3.18. The number of aryl methyl sites for hydroxylation is 1. The zero-order valence-corrected chi connectivity index (χ0v) is 9.85. The molecule has 1 aliphatic rings. The molecule has 1 saturated heterocycles. The summed E-state index contributed by atoms with van der Waals surface area (Å²) in [6, 6.07) is 0.543. The number of hydrogen-bond donors (Lipinski definition) is 2. The van der Waals surface area contributed by atoms with Gasteiger partial charge in [-0.25, -0.2) is 4.98 Å². The fourth-order valence-electron chi connectivity index (χ4n) is 2.22. The van der Waals surface area contributed by atoms with E-state index in [0.717, 1.165) is 30.4 Å². The molecule has 1 aliphatic heterocycles. The van der Waals surface area contributed by atoms with Crippen molar-refractivity contribution in [2.24, 2.45) is 0 Å². The molecule has 6 nitrogen and oxygen atoms in total. The standard InChI is InChI=1S/C11H16N6/c1-8-15-16-11-10(13-5-6-17(8)11)14-7-9-3-2-4-12-9/h5-6,9,12H,2-4,7H2,1H3,(H,13,14). The van der Waals surface area contributed by atoms with Gasteiger partial charge in [0.15, 0.2) is 5.82 Å². The van der Waals surface area contributed by atoms with Gasteiger partial charge in [0, 0.05) is 25.0 Å². The SMILES string of the molecule is Cc1nnc2c(NCC3CCCN3)nccn12. The highest BCUT2D eigenvalue weighted by atomic mass is 15.3. The Morgan fingerprint density at radius 1 is 1.53 bits per heavy atom. The van der Waals surface area contributed by atoms with Crippen molar-refractivity contribution >= 4 is 11.5 Å². The molecule has 0 saturated carbocycles. The first-order chi connectivity index (χ1) is 8.34.